The van der Waals surface area contributed by atoms with Gasteiger partial charge >= 0.3 is 0 Å². The van der Waals surface area contributed by atoms with E-state index in [9.17, 15) is 15.1 Å². The number of benzene rings is 2. The van der Waals surface area contributed by atoms with Crippen molar-refractivity contribution in [1.29, 1.82) is 0 Å². The number of nitroso groups, excluding NO2 is 1. The Labute approximate surface area is 134 Å². The molecular weight excluding hydrogens is 294 g/mol. The molecule has 0 fully saturated rings. The molecule has 23 heavy (non-hydrogen) atoms. The number of nitrogens with zero attached hydrogens (tertiary/aromatic N) is 1. The van der Waals surface area contributed by atoms with Gasteiger partial charge in [-0.05, 0) is 35.7 Å². The Morgan fingerprint density at radius 3 is 2.39 bits per heavy atom. The van der Waals surface area contributed by atoms with Gasteiger partial charge in [0.05, 0.1) is 0 Å². The van der Waals surface area contributed by atoms with Crippen LogP contribution >= 0.6 is 0 Å². The molecule has 2 aromatic rings. The Morgan fingerprint density at radius 2 is 1.74 bits per heavy atom. The molecule has 2 N–H and O–H groups in total. The summed E-state index contributed by atoms with van der Waals surface area (Å²) < 4.78 is 6.16. The lowest BCUT2D eigenvalue weighted by Crippen LogP contribution is -2.41. The Hall–Kier alpha value is -2.56. The predicted octanol–water partition coefficient (Wildman–Crippen LogP) is 4.47. The topological polar surface area (TPSA) is 79.1 Å². The molecule has 2 aromatic carbocycles. The van der Waals surface area contributed by atoms with Crippen LogP contribution in [0.25, 0.3) is 0 Å². The molecule has 0 saturated carbocycles. The molecule has 5 nitrogen and oxygen atoms in total. The first-order chi connectivity index (χ1) is 10.7. The summed E-state index contributed by atoms with van der Waals surface area (Å²) in [6.07, 6.45) is 0.638. The van der Waals surface area contributed by atoms with Gasteiger partial charge in [0.2, 0.25) is 0 Å². The standard InChI is InChI=1S/C18H19NO4/c1-17(2)10-18(3,13-7-5-12(20)9-15(13)21)23-16-8-11(19-22)4-6-14(16)17/h4-9,20-21H,10H2,1-3H3. The highest BCUT2D eigenvalue weighted by atomic mass is 16.5. The molecule has 5 heteroatoms. The van der Waals surface area contributed by atoms with Gasteiger partial charge < -0.3 is 14.9 Å². The van der Waals surface area contributed by atoms with Crippen molar-refractivity contribution >= 4 is 5.69 Å². The van der Waals surface area contributed by atoms with Gasteiger partial charge in [-0.2, -0.15) is 0 Å². The first kappa shape index (κ1) is 15.3. The van der Waals surface area contributed by atoms with E-state index in [1.165, 1.54) is 12.1 Å². The van der Waals surface area contributed by atoms with E-state index in [0.717, 1.165) is 5.56 Å². The summed E-state index contributed by atoms with van der Waals surface area (Å²) >= 11 is 0. The summed E-state index contributed by atoms with van der Waals surface area (Å²) in [7, 11) is 0. The molecule has 0 aliphatic carbocycles. The highest BCUT2D eigenvalue weighted by Crippen LogP contribution is 2.51. The molecule has 1 aliphatic heterocycles. The smallest absolute Gasteiger partial charge is 0.136 e. The first-order valence-corrected chi connectivity index (χ1v) is 7.44. The minimum Gasteiger partial charge on any atom is -0.508 e. The second kappa shape index (κ2) is 4.98. The fourth-order valence-electron chi connectivity index (χ4n) is 3.55. The average molecular weight is 313 g/mol. The van der Waals surface area contributed by atoms with Crippen LogP contribution in [-0.4, -0.2) is 10.2 Å². The molecule has 1 aliphatic rings. The third kappa shape index (κ3) is 2.52. The molecule has 0 amide bonds. The van der Waals surface area contributed by atoms with Crippen LogP contribution in [0.5, 0.6) is 17.2 Å². The van der Waals surface area contributed by atoms with Gasteiger partial charge in [-0.1, -0.05) is 19.9 Å². The fraction of sp³-hybridized carbons (Fsp3) is 0.333. The lowest BCUT2D eigenvalue weighted by molar-refractivity contribution is 0.0305. The molecule has 120 valence electrons. The van der Waals surface area contributed by atoms with E-state index in [0.29, 0.717) is 23.4 Å². The van der Waals surface area contributed by atoms with Crippen molar-refractivity contribution in [2.24, 2.45) is 5.18 Å². The average Bonchev–Trinajstić information content (AvgIpc) is 2.45. The molecule has 1 atom stereocenters. The molecule has 1 unspecified atom stereocenters. The van der Waals surface area contributed by atoms with Crippen molar-refractivity contribution in [2.75, 3.05) is 0 Å². The van der Waals surface area contributed by atoms with Gasteiger partial charge in [-0.15, -0.1) is 4.91 Å². The predicted molar refractivity (Wildman–Crippen MR) is 87.3 cm³/mol. The van der Waals surface area contributed by atoms with Crippen molar-refractivity contribution in [3.8, 4) is 17.2 Å². The molecule has 0 saturated heterocycles. The SMILES string of the molecule is CC1(C)CC(C)(c2ccc(O)cc2O)Oc2cc(N=O)ccc21. The Morgan fingerprint density at radius 1 is 1.04 bits per heavy atom. The zero-order valence-corrected chi connectivity index (χ0v) is 13.3. The summed E-state index contributed by atoms with van der Waals surface area (Å²) in [6, 6.07) is 9.65. The highest BCUT2D eigenvalue weighted by Gasteiger charge is 2.44. The normalized spacial score (nSPS) is 22.0. The largest absolute Gasteiger partial charge is 0.508 e. The lowest BCUT2D eigenvalue weighted by atomic mass is 9.71. The number of aromatic hydroxyl groups is 2. The minimum absolute atomic E-state index is 0.00207. The number of hydrogen-bond acceptors (Lipinski definition) is 5. The van der Waals surface area contributed by atoms with Crippen LogP contribution in [0.2, 0.25) is 0 Å². The maximum atomic E-state index is 10.8. The van der Waals surface area contributed by atoms with Crippen LogP contribution in [0.3, 0.4) is 0 Å². The van der Waals surface area contributed by atoms with Gasteiger partial charge in [-0.25, -0.2) is 0 Å². The third-order valence-corrected chi connectivity index (χ3v) is 4.47. The van der Waals surface area contributed by atoms with Crippen molar-refractivity contribution in [3.05, 3.63) is 52.4 Å². The summed E-state index contributed by atoms with van der Waals surface area (Å²) in [6.45, 7) is 6.08. The summed E-state index contributed by atoms with van der Waals surface area (Å²) in [5.41, 5.74) is 0.905. The summed E-state index contributed by atoms with van der Waals surface area (Å²) in [5.74, 6) is 0.572. The van der Waals surface area contributed by atoms with E-state index < -0.39 is 5.60 Å². The lowest BCUT2D eigenvalue weighted by Gasteiger charge is -2.44. The zero-order valence-electron chi connectivity index (χ0n) is 13.3. The zero-order chi connectivity index (χ0) is 16.8. The van der Waals surface area contributed by atoms with Gasteiger partial charge in [0.15, 0.2) is 0 Å². The van der Waals surface area contributed by atoms with E-state index in [2.05, 4.69) is 19.0 Å². The van der Waals surface area contributed by atoms with Crippen LogP contribution in [0.1, 0.15) is 38.3 Å². The number of phenols is 2. The van der Waals surface area contributed by atoms with Gasteiger partial charge in [-0.3, -0.25) is 0 Å². The summed E-state index contributed by atoms with van der Waals surface area (Å²) in [4.78, 5) is 10.8. The molecule has 0 radical (unpaired) electrons. The van der Waals surface area contributed by atoms with Crippen LogP contribution in [0.15, 0.2) is 41.6 Å². The van der Waals surface area contributed by atoms with Gasteiger partial charge in [0.1, 0.15) is 28.5 Å². The molecule has 0 spiro atoms. The van der Waals surface area contributed by atoms with E-state index in [-0.39, 0.29) is 16.9 Å². The number of rotatable bonds is 2. The molecule has 0 aromatic heterocycles. The summed E-state index contributed by atoms with van der Waals surface area (Å²) in [5, 5.41) is 22.7. The van der Waals surface area contributed by atoms with Crippen LogP contribution in [-0.2, 0) is 11.0 Å². The Bertz CT molecular complexity index is 785. The second-order valence-corrected chi connectivity index (χ2v) is 6.87. The van der Waals surface area contributed by atoms with Crippen molar-refractivity contribution in [2.45, 2.75) is 38.2 Å². The van der Waals surface area contributed by atoms with E-state index in [1.54, 1.807) is 18.2 Å². The van der Waals surface area contributed by atoms with E-state index >= 15 is 0 Å². The van der Waals surface area contributed by atoms with Crippen molar-refractivity contribution in [1.82, 2.24) is 0 Å². The van der Waals surface area contributed by atoms with E-state index in [1.807, 2.05) is 13.0 Å². The Balaban J connectivity index is 2.14. The molecule has 1 heterocycles. The quantitative estimate of drug-likeness (QED) is 0.802. The van der Waals surface area contributed by atoms with Gasteiger partial charge in [0.25, 0.3) is 0 Å². The van der Waals surface area contributed by atoms with Crippen molar-refractivity contribution in [3.63, 3.8) is 0 Å². The third-order valence-electron chi connectivity index (χ3n) is 4.47. The highest BCUT2D eigenvalue weighted by molar-refractivity contribution is 5.53. The fourth-order valence-corrected chi connectivity index (χ4v) is 3.55. The number of phenolic OH excluding ortho intramolecular Hbond substituents is 2. The first-order valence-electron chi connectivity index (χ1n) is 7.44. The van der Waals surface area contributed by atoms with E-state index in [4.69, 9.17) is 4.74 Å². The number of hydrogen-bond donors (Lipinski definition) is 2. The minimum atomic E-state index is -0.782. The van der Waals surface area contributed by atoms with Crippen LogP contribution in [0.4, 0.5) is 5.69 Å². The molecule has 3 rings (SSSR count). The number of ether oxygens (including phenoxy) is 1. The molecule has 0 bridgehead atoms. The van der Waals surface area contributed by atoms with Crippen LogP contribution < -0.4 is 4.74 Å². The monoisotopic (exact) mass is 313 g/mol. The maximum Gasteiger partial charge on any atom is 0.136 e. The van der Waals surface area contributed by atoms with Gasteiger partial charge in [0, 0.05) is 29.7 Å². The molecular formula is C18H19NO4. The Kier molecular flexibility index (Phi) is 3.32. The number of fused-ring (bicyclic) bond motifs is 1. The van der Waals surface area contributed by atoms with Crippen LogP contribution in [0, 0.1) is 4.91 Å². The van der Waals surface area contributed by atoms with Crippen molar-refractivity contribution < 1.29 is 14.9 Å². The maximum absolute atomic E-state index is 10.8. The second-order valence-electron chi connectivity index (χ2n) is 6.87.